The summed E-state index contributed by atoms with van der Waals surface area (Å²) >= 11 is 0. The van der Waals surface area contributed by atoms with E-state index in [1.165, 1.54) is 6.08 Å². The summed E-state index contributed by atoms with van der Waals surface area (Å²) in [5.41, 5.74) is 3.89. The summed E-state index contributed by atoms with van der Waals surface area (Å²) in [6.45, 7) is 11.2. The summed E-state index contributed by atoms with van der Waals surface area (Å²) in [4.78, 5) is 31.0. The van der Waals surface area contributed by atoms with Crippen molar-refractivity contribution in [1.29, 1.82) is 0 Å². The molecule has 1 atom stereocenters. The summed E-state index contributed by atoms with van der Waals surface area (Å²) in [5.74, 6) is -0.614. The first-order valence-electron chi connectivity index (χ1n) is 8.95. The Morgan fingerprint density at radius 3 is 2.48 bits per heavy atom. The van der Waals surface area contributed by atoms with Crippen LogP contribution in [0.2, 0.25) is 0 Å². The first-order chi connectivity index (χ1) is 12.7. The van der Waals surface area contributed by atoms with Gasteiger partial charge in [0.2, 0.25) is 5.88 Å². The van der Waals surface area contributed by atoms with Crippen molar-refractivity contribution in [3.05, 3.63) is 62.5 Å². The molecule has 1 N–H and O–H groups in total. The van der Waals surface area contributed by atoms with Crippen LogP contribution < -0.4 is 15.0 Å². The number of esters is 1. The Kier molecular flexibility index (Phi) is 6.55. The number of aryl methyl sites for hydroxylation is 2. The highest BCUT2D eigenvalue weighted by atomic mass is 16.5. The molecule has 6 nitrogen and oxygen atoms in total. The van der Waals surface area contributed by atoms with Gasteiger partial charge in [0.1, 0.15) is 6.10 Å². The summed E-state index contributed by atoms with van der Waals surface area (Å²) in [7, 11) is 0. The highest BCUT2D eigenvalue weighted by Gasteiger charge is 2.17. The Hall–Kier alpha value is -2.89. The first-order valence-corrected chi connectivity index (χ1v) is 8.95. The quantitative estimate of drug-likeness (QED) is 0.612. The number of benzene rings is 1. The third-order valence-corrected chi connectivity index (χ3v) is 4.44. The van der Waals surface area contributed by atoms with E-state index in [1.54, 1.807) is 6.92 Å². The van der Waals surface area contributed by atoms with Gasteiger partial charge in [0.25, 0.3) is 11.6 Å². The number of rotatable bonds is 6. The monoisotopic (exact) mass is 370 g/mol. The van der Waals surface area contributed by atoms with E-state index in [2.05, 4.69) is 9.97 Å². The van der Waals surface area contributed by atoms with Crippen molar-refractivity contribution >= 4 is 5.97 Å². The molecular weight excluding hydrogens is 344 g/mol. The summed E-state index contributed by atoms with van der Waals surface area (Å²) < 4.78 is 11.1. The number of hydrogen-bond donors (Lipinski definition) is 1. The number of allylic oxidation sites excluding steroid dienone is 1. The number of carbonyl (C=O) groups excluding carboxylic acids is 1. The molecule has 2 aromatic rings. The average molecular weight is 370 g/mol. The van der Waals surface area contributed by atoms with Gasteiger partial charge in [-0.2, -0.15) is 4.98 Å². The zero-order valence-corrected chi connectivity index (χ0v) is 16.7. The van der Waals surface area contributed by atoms with Crippen LogP contribution in [-0.4, -0.2) is 15.9 Å². The molecule has 1 unspecified atom stereocenters. The number of nitrogens with one attached hydrogen (secondary N) is 1. The van der Waals surface area contributed by atoms with Crippen molar-refractivity contribution in [2.24, 2.45) is 0 Å². The molecule has 1 heterocycles. The average Bonchev–Trinajstić information content (AvgIpc) is 2.58. The van der Waals surface area contributed by atoms with E-state index in [1.807, 2.05) is 52.8 Å². The molecule has 144 valence electrons. The predicted molar refractivity (Wildman–Crippen MR) is 104 cm³/mol. The standard InChI is InChI=1S/C21H26N2O4/c1-7-12(2)11-17(24)27-20-15(5)19(25)22-21(23-20)26-16(6)18-13(3)9-8-10-14(18)4/h8-11,16H,7H2,1-6H3,(H,22,23,25)/b12-11+. The number of aromatic amines is 1. The van der Waals surface area contributed by atoms with E-state index in [-0.39, 0.29) is 23.6 Å². The molecule has 0 spiro atoms. The SMILES string of the molecule is CC/C(C)=C/C(=O)Oc1nc(OC(C)c2c(C)cccc2C)[nH]c(=O)c1C. The molecule has 0 radical (unpaired) electrons. The van der Waals surface area contributed by atoms with Gasteiger partial charge in [-0.05, 0) is 57.7 Å². The Morgan fingerprint density at radius 1 is 1.26 bits per heavy atom. The zero-order valence-electron chi connectivity index (χ0n) is 16.7. The van der Waals surface area contributed by atoms with Crippen LogP contribution in [-0.2, 0) is 4.79 Å². The van der Waals surface area contributed by atoms with Crippen LogP contribution in [0.1, 0.15) is 55.5 Å². The largest absolute Gasteiger partial charge is 0.457 e. The fourth-order valence-corrected chi connectivity index (χ4v) is 2.77. The Bertz CT molecular complexity index is 908. The molecule has 2 rings (SSSR count). The highest BCUT2D eigenvalue weighted by Crippen LogP contribution is 2.26. The molecule has 27 heavy (non-hydrogen) atoms. The molecule has 0 saturated heterocycles. The molecule has 1 aromatic heterocycles. The third-order valence-electron chi connectivity index (χ3n) is 4.44. The van der Waals surface area contributed by atoms with Crippen LogP contribution in [0.25, 0.3) is 0 Å². The number of nitrogens with zero attached hydrogens (tertiary/aromatic N) is 1. The van der Waals surface area contributed by atoms with Gasteiger partial charge < -0.3 is 9.47 Å². The van der Waals surface area contributed by atoms with Crippen LogP contribution >= 0.6 is 0 Å². The summed E-state index contributed by atoms with van der Waals surface area (Å²) in [6, 6.07) is 6.00. The minimum Gasteiger partial charge on any atom is -0.457 e. The minimum absolute atomic E-state index is 0.0137. The van der Waals surface area contributed by atoms with Gasteiger partial charge in [-0.1, -0.05) is 30.7 Å². The third kappa shape index (κ3) is 5.06. The molecule has 0 aliphatic rings. The van der Waals surface area contributed by atoms with E-state index < -0.39 is 11.5 Å². The van der Waals surface area contributed by atoms with Crippen LogP contribution in [0, 0.1) is 20.8 Å². The fraction of sp³-hybridized carbons (Fsp3) is 0.381. The van der Waals surface area contributed by atoms with Gasteiger partial charge in [0.05, 0.1) is 5.56 Å². The number of hydrogen-bond acceptors (Lipinski definition) is 5. The van der Waals surface area contributed by atoms with Crippen molar-refractivity contribution in [2.75, 3.05) is 0 Å². The maximum absolute atomic E-state index is 12.2. The van der Waals surface area contributed by atoms with E-state index in [9.17, 15) is 9.59 Å². The maximum Gasteiger partial charge on any atom is 0.337 e. The Labute approximate surface area is 159 Å². The van der Waals surface area contributed by atoms with Gasteiger partial charge in [0.15, 0.2) is 0 Å². The van der Waals surface area contributed by atoms with Gasteiger partial charge in [-0.3, -0.25) is 9.78 Å². The van der Waals surface area contributed by atoms with E-state index in [0.29, 0.717) is 0 Å². The molecule has 1 aromatic carbocycles. The second kappa shape index (κ2) is 8.66. The Morgan fingerprint density at radius 2 is 1.89 bits per heavy atom. The number of carbonyl (C=O) groups is 1. The number of H-pyrrole nitrogens is 1. The van der Waals surface area contributed by atoms with Crippen LogP contribution in [0.5, 0.6) is 11.9 Å². The summed E-state index contributed by atoms with van der Waals surface area (Å²) in [6.07, 6.45) is 1.79. The first kappa shape index (κ1) is 20.4. The maximum atomic E-state index is 12.2. The molecule has 0 amide bonds. The Balaban J connectivity index is 2.30. The van der Waals surface area contributed by atoms with E-state index >= 15 is 0 Å². The van der Waals surface area contributed by atoms with E-state index in [0.717, 1.165) is 28.7 Å². The van der Waals surface area contributed by atoms with E-state index in [4.69, 9.17) is 9.47 Å². The lowest BCUT2D eigenvalue weighted by Gasteiger charge is -2.18. The smallest absolute Gasteiger partial charge is 0.337 e. The highest BCUT2D eigenvalue weighted by molar-refractivity contribution is 5.84. The predicted octanol–water partition coefficient (Wildman–Crippen LogP) is 4.10. The number of aromatic nitrogens is 2. The second-order valence-corrected chi connectivity index (χ2v) is 6.63. The van der Waals surface area contributed by atoms with Crippen LogP contribution in [0.4, 0.5) is 0 Å². The second-order valence-electron chi connectivity index (χ2n) is 6.63. The normalized spacial score (nSPS) is 12.6. The van der Waals surface area contributed by atoms with Crippen molar-refractivity contribution in [3.8, 4) is 11.9 Å². The molecule has 0 fully saturated rings. The summed E-state index contributed by atoms with van der Waals surface area (Å²) in [5, 5.41) is 0. The lowest BCUT2D eigenvalue weighted by Crippen LogP contribution is -2.19. The minimum atomic E-state index is -0.565. The molecule has 0 aliphatic carbocycles. The fourth-order valence-electron chi connectivity index (χ4n) is 2.77. The topological polar surface area (TPSA) is 81.3 Å². The molecule has 6 heteroatoms. The number of ether oxygens (including phenoxy) is 2. The molecule has 0 aliphatic heterocycles. The van der Waals surface area contributed by atoms with Crippen molar-refractivity contribution < 1.29 is 14.3 Å². The van der Waals surface area contributed by atoms with Crippen molar-refractivity contribution in [2.45, 2.75) is 54.1 Å². The van der Waals surface area contributed by atoms with Crippen molar-refractivity contribution in [1.82, 2.24) is 9.97 Å². The van der Waals surface area contributed by atoms with Gasteiger partial charge >= 0.3 is 5.97 Å². The molecule has 0 saturated carbocycles. The lowest BCUT2D eigenvalue weighted by molar-refractivity contribution is -0.129. The molecular formula is C21H26N2O4. The van der Waals surface area contributed by atoms with Crippen LogP contribution in [0.15, 0.2) is 34.6 Å². The van der Waals surface area contributed by atoms with Gasteiger partial charge in [-0.15, -0.1) is 0 Å². The molecule has 0 bridgehead atoms. The van der Waals surface area contributed by atoms with Crippen LogP contribution in [0.3, 0.4) is 0 Å². The lowest BCUT2D eigenvalue weighted by atomic mass is 9.99. The van der Waals surface area contributed by atoms with Gasteiger partial charge in [0, 0.05) is 6.08 Å². The zero-order chi connectivity index (χ0) is 20.1. The van der Waals surface area contributed by atoms with Gasteiger partial charge in [-0.25, -0.2) is 4.79 Å². The van der Waals surface area contributed by atoms with Crippen molar-refractivity contribution in [3.63, 3.8) is 0 Å².